The lowest BCUT2D eigenvalue weighted by Gasteiger charge is -2.27. The van der Waals surface area contributed by atoms with Crippen molar-refractivity contribution in [1.29, 1.82) is 0 Å². The van der Waals surface area contributed by atoms with Gasteiger partial charge in [0.2, 0.25) is 0 Å². The van der Waals surface area contributed by atoms with E-state index in [4.69, 9.17) is 4.42 Å². The molecule has 0 aliphatic heterocycles. The van der Waals surface area contributed by atoms with Gasteiger partial charge in [-0.15, -0.1) is 0 Å². The molecule has 3 aromatic heterocycles. The molecule has 0 saturated heterocycles. The van der Waals surface area contributed by atoms with E-state index in [-0.39, 0.29) is 0 Å². The maximum Gasteiger partial charge on any atom is 0.137 e. The zero-order valence-corrected chi connectivity index (χ0v) is 33.6. The Morgan fingerprint density at radius 1 is 0.323 bits per heavy atom. The van der Waals surface area contributed by atoms with Gasteiger partial charge in [0.1, 0.15) is 11.2 Å². The van der Waals surface area contributed by atoms with Gasteiger partial charge in [0.05, 0.1) is 33.1 Å². The number of para-hydroxylation sites is 4. The summed E-state index contributed by atoms with van der Waals surface area (Å²) >= 11 is 0. The van der Waals surface area contributed by atoms with Gasteiger partial charge in [-0.3, -0.25) is 0 Å². The predicted octanol–water partition coefficient (Wildman–Crippen LogP) is 16.1. The topological polar surface area (TPSA) is 26.2 Å². The Labute approximate surface area is 357 Å². The monoisotopic (exact) mass is 791 g/mol. The minimum absolute atomic E-state index is 0.862. The van der Waals surface area contributed by atoms with Gasteiger partial charge in [0, 0.05) is 49.7 Å². The van der Waals surface area contributed by atoms with Crippen LogP contribution in [0.4, 0.5) is 17.1 Å². The molecule has 13 aromatic rings. The smallest absolute Gasteiger partial charge is 0.137 e. The Morgan fingerprint density at radius 3 is 1.60 bits per heavy atom. The van der Waals surface area contributed by atoms with Crippen LogP contribution in [0, 0.1) is 0 Å². The molecule has 0 amide bonds. The van der Waals surface area contributed by atoms with Crippen LogP contribution < -0.4 is 4.90 Å². The third-order valence-corrected chi connectivity index (χ3v) is 12.7. The van der Waals surface area contributed by atoms with Gasteiger partial charge in [-0.2, -0.15) is 0 Å². The molecule has 13 rings (SSSR count). The number of rotatable bonds is 6. The van der Waals surface area contributed by atoms with Crippen molar-refractivity contribution in [2.75, 3.05) is 4.90 Å². The zero-order chi connectivity index (χ0) is 40.7. The van der Waals surface area contributed by atoms with Gasteiger partial charge in [0.25, 0.3) is 0 Å². The van der Waals surface area contributed by atoms with Crippen LogP contribution in [-0.2, 0) is 0 Å². The first-order valence-corrected chi connectivity index (χ1v) is 21.2. The summed E-state index contributed by atoms with van der Waals surface area (Å²) in [5.41, 5.74) is 14.3. The number of hydrogen-bond acceptors (Lipinski definition) is 2. The lowest BCUT2D eigenvalue weighted by molar-refractivity contribution is 0.669. The molecule has 0 aliphatic carbocycles. The normalized spacial score (nSPS) is 11.9. The van der Waals surface area contributed by atoms with E-state index >= 15 is 0 Å². The van der Waals surface area contributed by atoms with E-state index in [1.807, 2.05) is 6.07 Å². The van der Waals surface area contributed by atoms with Crippen molar-refractivity contribution in [3.8, 4) is 22.5 Å². The summed E-state index contributed by atoms with van der Waals surface area (Å²) in [6, 6.07) is 81.0. The van der Waals surface area contributed by atoms with Gasteiger partial charge in [-0.25, -0.2) is 0 Å². The standard InChI is InChI=1S/C58H37N3O/c1-2-15-42(16-3-1)60-51-20-9-6-17-46(51)48-34-33-45(37-55(48)60)59(53-22-12-24-57-58(53)49-19-8-11-23-56(49)62-57)43-29-25-38(26-30-43)39-27-31-44(32-28-39)61-52-21-10-7-18-47(52)50-35-40-13-4-5-14-41(40)36-54(50)61/h1-37H. The van der Waals surface area contributed by atoms with E-state index in [1.54, 1.807) is 0 Å². The minimum atomic E-state index is 0.862. The highest BCUT2D eigenvalue weighted by molar-refractivity contribution is 6.15. The molecule has 0 radical (unpaired) electrons. The second-order valence-corrected chi connectivity index (χ2v) is 16.1. The minimum Gasteiger partial charge on any atom is -0.456 e. The fourth-order valence-electron chi connectivity index (χ4n) is 9.86. The number of aromatic nitrogens is 2. The van der Waals surface area contributed by atoms with Crippen LogP contribution in [0.5, 0.6) is 0 Å². The molecule has 3 heterocycles. The van der Waals surface area contributed by atoms with Crippen molar-refractivity contribution in [2.24, 2.45) is 0 Å². The first kappa shape index (κ1) is 34.5. The summed E-state index contributed by atoms with van der Waals surface area (Å²) in [6.45, 7) is 0. The third-order valence-electron chi connectivity index (χ3n) is 12.7. The number of furan rings is 1. The van der Waals surface area contributed by atoms with Gasteiger partial charge in [-0.1, -0.05) is 133 Å². The molecule has 0 N–H and O–H groups in total. The van der Waals surface area contributed by atoms with E-state index in [2.05, 4.69) is 232 Å². The fourth-order valence-corrected chi connectivity index (χ4v) is 9.86. The molecule has 0 bridgehead atoms. The Morgan fingerprint density at radius 2 is 0.855 bits per heavy atom. The van der Waals surface area contributed by atoms with E-state index in [0.29, 0.717) is 0 Å². The molecule has 290 valence electrons. The third kappa shape index (κ3) is 5.27. The lowest BCUT2D eigenvalue weighted by Crippen LogP contribution is -2.10. The van der Waals surface area contributed by atoms with Crippen molar-refractivity contribution >= 4 is 93.4 Å². The van der Waals surface area contributed by atoms with Crippen molar-refractivity contribution in [1.82, 2.24) is 9.13 Å². The van der Waals surface area contributed by atoms with Crippen LogP contribution in [0.25, 0.3) is 98.8 Å². The van der Waals surface area contributed by atoms with Crippen molar-refractivity contribution in [2.45, 2.75) is 0 Å². The largest absolute Gasteiger partial charge is 0.456 e. The Hall–Kier alpha value is -8.34. The van der Waals surface area contributed by atoms with E-state index in [0.717, 1.165) is 67.0 Å². The molecule has 0 saturated carbocycles. The SMILES string of the molecule is c1ccc(-n2c3ccccc3c3ccc(N(c4ccc(-c5ccc(-n6c7ccccc7c7cc8ccccc8cc76)cc5)cc4)c4cccc5oc6ccccc6c45)cc32)cc1. The Balaban J connectivity index is 0.949. The predicted molar refractivity (Wildman–Crippen MR) is 260 cm³/mol. The average Bonchev–Trinajstić information content (AvgIpc) is 3.99. The first-order valence-electron chi connectivity index (χ1n) is 21.2. The zero-order valence-electron chi connectivity index (χ0n) is 33.6. The van der Waals surface area contributed by atoms with Gasteiger partial charge in [-0.05, 0) is 113 Å². The average molecular weight is 792 g/mol. The number of hydrogen-bond donors (Lipinski definition) is 0. The molecule has 4 heteroatoms. The van der Waals surface area contributed by atoms with Crippen molar-refractivity contribution < 1.29 is 4.42 Å². The second-order valence-electron chi connectivity index (χ2n) is 16.1. The highest BCUT2D eigenvalue weighted by atomic mass is 16.3. The molecular weight excluding hydrogens is 755 g/mol. The van der Waals surface area contributed by atoms with Gasteiger partial charge >= 0.3 is 0 Å². The van der Waals surface area contributed by atoms with Crippen molar-refractivity contribution in [3.63, 3.8) is 0 Å². The highest BCUT2D eigenvalue weighted by Crippen LogP contribution is 2.45. The Bertz CT molecular complexity index is 3850. The summed E-state index contributed by atoms with van der Waals surface area (Å²) in [7, 11) is 0. The van der Waals surface area contributed by atoms with Crippen LogP contribution >= 0.6 is 0 Å². The number of nitrogens with zero attached hydrogens (tertiary/aromatic N) is 3. The lowest BCUT2D eigenvalue weighted by atomic mass is 10.0. The fraction of sp³-hybridized carbons (Fsp3) is 0. The molecule has 0 unspecified atom stereocenters. The first-order chi connectivity index (χ1) is 30.7. The van der Waals surface area contributed by atoms with E-state index in [9.17, 15) is 0 Å². The highest BCUT2D eigenvalue weighted by Gasteiger charge is 2.22. The van der Waals surface area contributed by atoms with Crippen LogP contribution in [0.1, 0.15) is 0 Å². The number of benzene rings is 10. The maximum atomic E-state index is 6.45. The molecule has 0 fully saturated rings. The van der Waals surface area contributed by atoms with E-state index < -0.39 is 0 Å². The van der Waals surface area contributed by atoms with Gasteiger partial charge < -0.3 is 18.5 Å². The molecule has 0 spiro atoms. The molecule has 0 atom stereocenters. The summed E-state index contributed by atoms with van der Waals surface area (Å²) in [5, 5.41) is 9.65. The van der Waals surface area contributed by atoms with Crippen LogP contribution in [-0.4, -0.2) is 9.13 Å². The van der Waals surface area contributed by atoms with Crippen LogP contribution in [0.15, 0.2) is 229 Å². The molecule has 4 nitrogen and oxygen atoms in total. The van der Waals surface area contributed by atoms with E-state index in [1.165, 1.54) is 48.9 Å². The summed E-state index contributed by atoms with van der Waals surface area (Å²) in [4.78, 5) is 2.38. The Kier molecular flexibility index (Phi) is 7.57. The molecule has 62 heavy (non-hydrogen) atoms. The summed E-state index contributed by atoms with van der Waals surface area (Å²) in [6.07, 6.45) is 0. The maximum absolute atomic E-state index is 6.45. The molecule has 10 aromatic carbocycles. The second kappa shape index (κ2) is 13.6. The number of fused-ring (bicyclic) bond motifs is 10. The molecule has 0 aliphatic rings. The summed E-state index contributed by atoms with van der Waals surface area (Å²) < 4.78 is 11.2. The van der Waals surface area contributed by atoms with Crippen LogP contribution in [0.2, 0.25) is 0 Å². The molecular formula is C58H37N3O. The van der Waals surface area contributed by atoms with Gasteiger partial charge in [0.15, 0.2) is 0 Å². The summed E-state index contributed by atoms with van der Waals surface area (Å²) in [5.74, 6) is 0. The quantitative estimate of drug-likeness (QED) is 0.168. The van der Waals surface area contributed by atoms with Crippen LogP contribution in [0.3, 0.4) is 0 Å². The number of anilines is 3. The van der Waals surface area contributed by atoms with Crippen molar-refractivity contribution in [3.05, 3.63) is 224 Å².